The summed E-state index contributed by atoms with van der Waals surface area (Å²) in [6, 6.07) is 9.02. The van der Waals surface area contributed by atoms with Gasteiger partial charge in [0.05, 0.1) is 17.6 Å². The summed E-state index contributed by atoms with van der Waals surface area (Å²) >= 11 is 0. The fourth-order valence-electron chi connectivity index (χ4n) is 2.94. The summed E-state index contributed by atoms with van der Waals surface area (Å²) < 4.78 is 5.47. The summed E-state index contributed by atoms with van der Waals surface area (Å²) in [5.74, 6) is -0.320. The first-order valence-corrected chi connectivity index (χ1v) is 7.87. The Kier molecular flexibility index (Phi) is 4.27. The molecule has 6 nitrogen and oxygen atoms in total. The SMILES string of the molecule is Cc1cc(C)c(NC(=O)Cc2coc3ccc(C)cc23)c([N+](=O)[O-])c1. The van der Waals surface area contributed by atoms with E-state index < -0.39 is 4.92 Å². The van der Waals surface area contributed by atoms with E-state index in [9.17, 15) is 14.9 Å². The Labute approximate surface area is 144 Å². The van der Waals surface area contributed by atoms with E-state index in [1.807, 2.05) is 25.1 Å². The Morgan fingerprint density at radius 1 is 1.16 bits per heavy atom. The number of furan rings is 1. The summed E-state index contributed by atoms with van der Waals surface area (Å²) in [6.07, 6.45) is 1.64. The van der Waals surface area contributed by atoms with Crippen LogP contribution in [0.4, 0.5) is 11.4 Å². The Morgan fingerprint density at radius 2 is 1.92 bits per heavy atom. The summed E-state index contributed by atoms with van der Waals surface area (Å²) in [5.41, 5.74) is 4.12. The predicted octanol–water partition coefficient (Wildman–Crippen LogP) is 4.45. The number of aryl methyl sites for hydroxylation is 3. The third-order valence-corrected chi connectivity index (χ3v) is 4.08. The maximum absolute atomic E-state index is 12.4. The summed E-state index contributed by atoms with van der Waals surface area (Å²) in [7, 11) is 0. The predicted molar refractivity (Wildman–Crippen MR) is 95.9 cm³/mol. The van der Waals surface area contributed by atoms with Crippen LogP contribution in [0.3, 0.4) is 0 Å². The summed E-state index contributed by atoms with van der Waals surface area (Å²) in [4.78, 5) is 23.2. The van der Waals surface area contributed by atoms with Gasteiger partial charge in [-0.15, -0.1) is 0 Å². The molecule has 1 aromatic heterocycles. The van der Waals surface area contributed by atoms with Crippen LogP contribution >= 0.6 is 0 Å². The fourth-order valence-corrected chi connectivity index (χ4v) is 2.94. The van der Waals surface area contributed by atoms with Crippen molar-refractivity contribution in [2.75, 3.05) is 5.32 Å². The molecule has 3 rings (SSSR count). The lowest BCUT2D eigenvalue weighted by Crippen LogP contribution is -2.16. The number of nitrogens with zero attached hydrogens (tertiary/aromatic N) is 1. The van der Waals surface area contributed by atoms with Gasteiger partial charge in [-0.2, -0.15) is 0 Å². The van der Waals surface area contributed by atoms with E-state index in [0.29, 0.717) is 11.1 Å². The third-order valence-electron chi connectivity index (χ3n) is 4.08. The van der Waals surface area contributed by atoms with Crippen molar-refractivity contribution in [2.45, 2.75) is 27.2 Å². The van der Waals surface area contributed by atoms with Gasteiger partial charge in [-0.25, -0.2) is 0 Å². The van der Waals surface area contributed by atoms with Crippen LogP contribution in [0.15, 0.2) is 41.0 Å². The summed E-state index contributed by atoms with van der Waals surface area (Å²) in [6.45, 7) is 5.49. The normalized spacial score (nSPS) is 10.8. The van der Waals surface area contributed by atoms with Crippen LogP contribution in [0.2, 0.25) is 0 Å². The van der Waals surface area contributed by atoms with Gasteiger partial charge in [-0.1, -0.05) is 17.7 Å². The monoisotopic (exact) mass is 338 g/mol. The molecule has 0 aliphatic rings. The number of carbonyl (C=O) groups is 1. The first-order chi connectivity index (χ1) is 11.8. The molecule has 25 heavy (non-hydrogen) atoms. The number of carbonyl (C=O) groups excluding carboxylic acids is 1. The topological polar surface area (TPSA) is 85.4 Å². The highest BCUT2D eigenvalue weighted by molar-refractivity contribution is 5.97. The molecule has 0 bridgehead atoms. The molecule has 0 fully saturated rings. The number of amides is 1. The molecular weight excluding hydrogens is 320 g/mol. The lowest BCUT2D eigenvalue weighted by atomic mass is 10.1. The zero-order valence-electron chi connectivity index (χ0n) is 14.3. The Bertz CT molecular complexity index is 988. The molecular formula is C19H18N2O4. The molecule has 0 spiro atoms. The van der Waals surface area contributed by atoms with Crippen molar-refractivity contribution < 1.29 is 14.1 Å². The molecule has 2 aromatic carbocycles. The van der Waals surface area contributed by atoms with Gasteiger partial charge in [0, 0.05) is 17.0 Å². The van der Waals surface area contributed by atoms with E-state index in [0.717, 1.165) is 22.1 Å². The molecule has 128 valence electrons. The van der Waals surface area contributed by atoms with E-state index in [2.05, 4.69) is 5.32 Å². The molecule has 0 saturated carbocycles. The van der Waals surface area contributed by atoms with Gasteiger partial charge < -0.3 is 9.73 Å². The maximum atomic E-state index is 12.4. The molecule has 0 saturated heterocycles. The zero-order chi connectivity index (χ0) is 18.1. The lowest BCUT2D eigenvalue weighted by molar-refractivity contribution is -0.384. The molecule has 0 unspecified atom stereocenters. The molecule has 1 N–H and O–H groups in total. The van der Waals surface area contributed by atoms with Crippen LogP contribution in [0.5, 0.6) is 0 Å². The molecule has 3 aromatic rings. The van der Waals surface area contributed by atoms with Gasteiger partial charge >= 0.3 is 0 Å². The molecule has 1 amide bonds. The number of anilines is 1. The number of hydrogen-bond donors (Lipinski definition) is 1. The fraction of sp³-hybridized carbons (Fsp3) is 0.211. The van der Waals surface area contributed by atoms with Crippen LogP contribution in [0, 0.1) is 30.9 Å². The highest BCUT2D eigenvalue weighted by Crippen LogP contribution is 2.30. The number of nitro benzene ring substituents is 1. The molecule has 1 heterocycles. The Morgan fingerprint density at radius 3 is 2.64 bits per heavy atom. The minimum atomic E-state index is -0.480. The van der Waals surface area contributed by atoms with Crippen molar-refractivity contribution in [1.82, 2.24) is 0 Å². The first-order valence-electron chi connectivity index (χ1n) is 7.87. The van der Waals surface area contributed by atoms with Crippen LogP contribution in [0.25, 0.3) is 11.0 Å². The van der Waals surface area contributed by atoms with E-state index in [1.165, 1.54) is 6.07 Å². The number of fused-ring (bicyclic) bond motifs is 1. The largest absolute Gasteiger partial charge is 0.464 e. The quantitative estimate of drug-likeness (QED) is 0.562. The number of benzene rings is 2. The van der Waals surface area contributed by atoms with Crippen molar-refractivity contribution in [3.05, 3.63) is 69.0 Å². The minimum Gasteiger partial charge on any atom is -0.464 e. The Hall–Kier alpha value is -3.15. The second-order valence-corrected chi connectivity index (χ2v) is 6.22. The molecule has 0 radical (unpaired) electrons. The van der Waals surface area contributed by atoms with Crippen molar-refractivity contribution >= 4 is 28.3 Å². The van der Waals surface area contributed by atoms with Gasteiger partial charge in [-0.05, 0) is 44.0 Å². The molecule has 0 aliphatic carbocycles. The number of nitrogens with one attached hydrogen (secondary N) is 1. The van der Waals surface area contributed by atoms with E-state index in [4.69, 9.17) is 4.42 Å². The third kappa shape index (κ3) is 3.38. The Balaban J connectivity index is 1.88. The molecule has 0 atom stereocenters. The van der Waals surface area contributed by atoms with Crippen molar-refractivity contribution in [3.63, 3.8) is 0 Å². The highest BCUT2D eigenvalue weighted by atomic mass is 16.6. The van der Waals surface area contributed by atoms with Gasteiger partial charge in [0.15, 0.2) is 0 Å². The van der Waals surface area contributed by atoms with Gasteiger partial charge in [0.2, 0.25) is 5.91 Å². The van der Waals surface area contributed by atoms with Crippen LogP contribution in [-0.2, 0) is 11.2 Å². The summed E-state index contributed by atoms with van der Waals surface area (Å²) in [5, 5.41) is 14.8. The van der Waals surface area contributed by atoms with Crippen molar-refractivity contribution in [2.24, 2.45) is 0 Å². The van der Waals surface area contributed by atoms with Gasteiger partial charge in [0.1, 0.15) is 11.3 Å². The van der Waals surface area contributed by atoms with E-state index in [1.54, 1.807) is 26.2 Å². The average molecular weight is 338 g/mol. The van der Waals surface area contributed by atoms with Gasteiger partial charge in [-0.3, -0.25) is 14.9 Å². The van der Waals surface area contributed by atoms with Crippen LogP contribution < -0.4 is 5.32 Å². The smallest absolute Gasteiger partial charge is 0.293 e. The van der Waals surface area contributed by atoms with E-state index in [-0.39, 0.29) is 23.7 Å². The molecule has 6 heteroatoms. The number of rotatable bonds is 4. The second-order valence-electron chi connectivity index (χ2n) is 6.22. The first kappa shape index (κ1) is 16.7. The lowest BCUT2D eigenvalue weighted by Gasteiger charge is -2.10. The maximum Gasteiger partial charge on any atom is 0.293 e. The standard InChI is InChI=1S/C19H18N2O4/c1-11-4-5-17-15(7-11)14(10-25-17)9-18(22)20-19-13(3)6-12(2)8-16(19)21(23)24/h4-8,10H,9H2,1-3H3,(H,20,22). The highest BCUT2D eigenvalue weighted by Gasteiger charge is 2.20. The van der Waals surface area contributed by atoms with Gasteiger partial charge in [0.25, 0.3) is 5.69 Å². The molecule has 0 aliphatic heterocycles. The van der Waals surface area contributed by atoms with E-state index >= 15 is 0 Å². The minimum absolute atomic E-state index is 0.0843. The van der Waals surface area contributed by atoms with Crippen molar-refractivity contribution in [3.8, 4) is 0 Å². The van der Waals surface area contributed by atoms with Crippen LogP contribution in [0.1, 0.15) is 22.3 Å². The average Bonchev–Trinajstić information content (AvgIpc) is 2.91. The van der Waals surface area contributed by atoms with Crippen molar-refractivity contribution in [1.29, 1.82) is 0 Å². The van der Waals surface area contributed by atoms with Crippen LogP contribution in [-0.4, -0.2) is 10.8 Å². The zero-order valence-corrected chi connectivity index (χ0v) is 14.3. The number of hydrogen-bond acceptors (Lipinski definition) is 4. The second kappa shape index (κ2) is 6.39. The number of nitro groups is 1.